The van der Waals surface area contributed by atoms with Gasteiger partial charge >= 0.3 is 0 Å². The van der Waals surface area contributed by atoms with E-state index in [9.17, 15) is 9.90 Å². The summed E-state index contributed by atoms with van der Waals surface area (Å²) < 4.78 is 0. The van der Waals surface area contributed by atoms with Crippen LogP contribution in [0.15, 0.2) is 12.7 Å². The summed E-state index contributed by atoms with van der Waals surface area (Å²) in [5.74, 6) is 3.31. The van der Waals surface area contributed by atoms with Gasteiger partial charge < -0.3 is 5.11 Å². The minimum Gasteiger partial charge on any atom is -0.386 e. The van der Waals surface area contributed by atoms with Crippen LogP contribution < -0.4 is 0 Å². The largest absolute Gasteiger partial charge is 0.386 e. The fourth-order valence-electron chi connectivity index (χ4n) is 7.23. The number of fused-ring (bicyclic) bond motifs is 5. The molecule has 0 saturated heterocycles. The molecule has 0 aromatic rings. The summed E-state index contributed by atoms with van der Waals surface area (Å²) in [4.78, 5) is 12.4. The highest BCUT2D eigenvalue weighted by Gasteiger charge is 2.60. The van der Waals surface area contributed by atoms with Gasteiger partial charge in [0, 0.05) is 11.8 Å². The molecule has 4 aliphatic carbocycles. The fourth-order valence-corrected chi connectivity index (χ4v) is 7.23. The summed E-state index contributed by atoms with van der Waals surface area (Å²) in [6.07, 6.45) is 11.5. The standard InChI is InChI=1S/C21H32O2/c1-4-21(23)12-11-19(2)14(13-21)5-6-15-16-7-8-18(22)20(16,3)10-9-17(15)19/h4,14-17,23H,1,5-13H2,2-3H3/t14-,15-,16+,17+,19-,20-,21-/m0/s1. The number of hydrogen-bond donors (Lipinski definition) is 1. The highest BCUT2D eigenvalue weighted by Crippen LogP contribution is 2.66. The molecule has 0 amide bonds. The minimum atomic E-state index is -0.635. The summed E-state index contributed by atoms with van der Waals surface area (Å²) in [5, 5.41) is 10.7. The highest BCUT2D eigenvalue weighted by atomic mass is 16.3. The van der Waals surface area contributed by atoms with Gasteiger partial charge in [0.2, 0.25) is 0 Å². The lowest BCUT2D eigenvalue weighted by Crippen LogP contribution is -2.55. The van der Waals surface area contributed by atoms with Gasteiger partial charge in [0.1, 0.15) is 5.78 Å². The van der Waals surface area contributed by atoms with Gasteiger partial charge in [-0.3, -0.25) is 4.79 Å². The third-order valence-electron chi connectivity index (χ3n) is 8.85. The molecule has 1 N–H and O–H groups in total. The van der Waals surface area contributed by atoms with Crippen LogP contribution >= 0.6 is 0 Å². The zero-order valence-corrected chi connectivity index (χ0v) is 14.8. The van der Waals surface area contributed by atoms with Crippen molar-refractivity contribution in [2.75, 3.05) is 0 Å². The van der Waals surface area contributed by atoms with Crippen molar-refractivity contribution in [3.8, 4) is 0 Å². The predicted octanol–water partition coefficient (Wildman–Crippen LogP) is 4.52. The molecule has 0 aliphatic heterocycles. The Balaban J connectivity index is 1.62. The second kappa shape index (κ2) is 4.94. The van der Waals surface area contributed by atoms with Crippen LogP contribution in [-0.4, -0.2) is 16.5 Å². The quantitative estimate of drug-likeness (QED) is 0.722. The number of Topliss-reactive ketones (excluding diaryl/α,β-unsaturated/α-hetero) is 1. The van der Waals surface area contributed by atoms with E-state index in [0.29, 0.717) is 23.0 Å². The molecular formula is C21H32O2. The van der Waals surface area contributed by atoms with Crippen molar-refractivity contribution in [3.63, 3.8) is 0 Å². The lowest BCUT2D eigenvalue weighted by atomic mass is 9.44. The topological polar surface area (TPSA) is 37.3 Å². The van der Waals surface area contributed by atoms with Gasteiger partial charge in [0.25, 0.3) is 0 Å². The van der Waals surface area contributed by atoms with Gasteiger partial charge in [-0.05, 0) is 80.5 Å². The first kappa shape index (κ1) is 15.9. The van der Waals surface area contributed by atoms with Crippen LogP contribution in [0, 0.1) is 34.5 Å². The van der Waals surface area contributed by atoms with Crippen molar-refractivity contribution in [3.05, 3.63) is 12.7 Å². The van der Waals surface area contributed by atoms with Crippen molar-refractivity contribution < 1.29 is 9.90 Å². The fraction of sp³-hybridized carbons (Fsp3) is 0.857. The molecule has 0 bridgehead atoms. The van der Waals surface area contributed by atoms with E-state index >= 15 is 0 Å². The molecule has 0 heterocycles. The normalized spacial score (nSPS) is 55.7. The Bertz CT molecular complexity index is 540. The van der Waals surface area contributed by atoms with E-state index in [1.54, 1.807) is 6.08 Å². The first-order valence-electron chi connectivity index (χ1n) is 9.72. The van der Waals surface area contributed by atoms with Crippen molar-refractivity contribution in [1.82, 2.24) is 0 Å². The van der Waals surface area contributed by atoms with E-state index in [1.165, 1.54) is 19.3 Å². The molecule has 7 atom stereocenters. The lowest BCUT2D eigenvalue weighted by molar-refractivity contribution is -0.147. The van der Waals surface area contributed by atoms with Crippen LogP contribution in [0.2, 0.25) is 0 Å². The second-order valence-corrected chi connectivity index (χ2v) is 9.59. The first-order valence-corrected chi connectivity index (χ1v) is 9.72. The van der Waals surface area contributed by atoms with Gasteiger partial charge in [0.15, 0.2) is 0 Å². The molecule has 2 nitrogen and oxygen atoms in total. The Morgan fingerprint density at radius 2 is 1.87 bits per heavy atom. The van der Waals surface area contributed by atoms with Crippen LogP contribution in [0.5, 0.6) is 0 Å². The smallest absolute Gasteiger partial charge is 0.139 e. The Hall–Kier alpha value is -0.630. The highest BCUT2D eigenvalue weighted by molar-refractivity contribution is 5.87. The number of carbonyl (C=O) groups excluding carboxylic acids is 1. The maximum absolute atomic E-state index is 12.4. The summed E-state index contributed by atoms with van der Waals surface area (Å²) in [5.41, 5.74) is -0.282. The van der Waals surface area contributed by atoms with E-state index in [-0.39, 0.29) is 5.41 Å². The molecule has 4 aliphatic rings. The van der Waals surface area contributed by atoms with E-state index in [2.05, 4.69) is 20.4 Å². The number of carbonyl (C=O) groups is 1. The maximum Gasteiger partial charge on any atom is 0.139 e. The van der Waals surface area contributed by atoms with Crippen LogP contribution in [-0.2, 0) is 4.79 Å². The predicted molar refractivity (Wildman–Crippen MR) is 91.9 cm³/mol. The minimum absolute atomic E-state index is 0.0130. The first-order chi connectivity index (χ1) is 10.8. The van der Waals surface area contributed by atoms with Gasteiger partial charge in [-0.15, -0.1) is 6.58 Å². The lowest BCUT2D eigenvalue weighted by Gasteiger charge is -2.61. The Labute approximate surface area is 140 Å². The summed E-state index contributed by atoms with van der Waals surface area (Å²) in [7, 11) is 0. The molecule has 0 radical (unpaired) electrons. The zero-order chi connectivity index (χ0) is 16.5. The van der Waals surface area contributed by atoms with Gasteiger partial charge in [-0.2, -0.15) is 0 Å². The molecule has 2 heteroatoms. The Morgan fingerprint density at radius 1 is 1.09 bits per heavy atom. The van der Waals surface area contributed by atoms with Crippen molar-refractivity contribution in [1.29, 1.82) is 0 Å². The van der Waals surface area contributed by atoms with E-state index in [4.69, 9.17) is 0 Å². The molecule has 0 aromatic carbocycles. The molecule has 23 heavy (non-hydrogen) atoms. The summed E-state index contributed by atoms with van der Waals surface area (Å²) in [6, 6.07) is 0. The van der Waals surface area contributed by atoms with Crippen molar-refractivity contribution in [2.24, 2.45) is 34.5 Å². The number of hydrogen-bond acceptors (Lipinski definition) is 2. The van der Waals surface area contributed by atoms with Crippen LogP contribution in [0.1, 0.15) is 71.6 Å². The van der Waals surface area contributed by atoms with Gasteiger partial charge in [0.05, 0.1) is 5.60 Å². The second-order valence-electron chi connectivity index (χ2n) is 9.59. The van der Waals surface area contributed by atoms with Gasteiger partial charge in [-0.1, -0.05) is 19.9 Å². The summed E-state index contributed by atoms with van der Waals surface area (Å²) in [6.45, 7) is 8.63. The third-order valence-corrected chi connectivity index (χ3v) is 8.85. The number of rotatable bonds is 1. The molecule has 0 spiro atoms. The molecule has 4 fully saturated rings. The van der Waals surface area contributed by atoms with E-state index < -0.39 is 5.60 Å². The van der Waals surface area contributed by atoms with Crippen molar-refractivity contribution in [2.45, 2.75) is 77.2 Å². The number of aliphatic hydroxyl groups is 1. The monoisotopic (exact) mass is 316 g/mol. The number of ketones is 1. The Morgan fingerprint density at radius 3 is 2.61 bits per heavy atom. The summed E-state index contributed by atoms with van der Waals surface area (Å²) >= 11 is 0. The maximum atomic E-state index is 12.4. The Kier molecular flexibility index (Phi) is 3.41. The van der Waals surface area contributed by atoms with E-state index in [0.717, 1.165) is 50.4 Å². The third kappa shape index (κ3) is 2.06. The van der Waals surface area contributed by atoms with E-state index in [1.807, 2.05) is 0 Å². The molecule has 0 aromatic heterocycles. The van der Waals surface area contributed by atoms with Crippen LogP contribution in [0.25, 0.3) is 0 Å². The average Bonchev–Trinajstić information content (AvgIpc) is 2.84. The SMILES string of the molecule is C=C[C@]1(O)CC[C@@]2(C)[C@@H](CC[C@@H]3[C@H]2CC[C@]2(C)C(=O)CC[C@H]32)C1. The van der Waals surface area contributed by atoms with Crippen molar-refractivity contribution >= 4 is 5.78 Å². The van der Waals surface area contributed by atoms with Gasteiger partial charge in [-0.25, -0.2) is 0 Å². The van der Waals surface area contributed by atoms with Crippen LogP contribution in [0.3, 0.4) is 0 Å². The molecule has 4 rings (SSSR count). The molecule has 4 saturated carbocycles. The molecular weight excluding hydrogens is 284 g/mol. The average molecular weight is 316 g/mol. The molecule has 0 unspecified atom stereocenters. The molecule has 128 valence electrons. The van der Waals surface area contributed by atoms with Crippen LogP contribution in [0.4, 0.5) is 0 Å². The zero-order valence-electron chi connectivity index (χ0n) is 14.8.